The first-order chi connectivity index (χ1) is 9.72. The normalized spacial score (nSPS) is 13.2. The number of hydrogen-bond acceptors (Lipinski definition) is 2. The lowest BCUT2D eigenvalue weighted by Gasteiger charge is -2.24. The van der Waals surface area contributed by atoms with Crippen molar-refractivity contribution < 1.29 is 9.90 Å². The third kappa shape index (κ3) is 3.33. The number of amides is 1. The van der Waals surface area contributed by atoms with E-state index in [2.05, 4.69) is 11.9 Å². The van der Waals surface area contributed by atoms with Crippen molar-refractivity contribution >= 4 is 5.91 Å². The quantitative estimate of drug-likeness (QED) is 0.818. The number of rotatable bonds is 5. The van der Waals surface area contributed by atoms with Crippen LogP contribution < -0.4 is 5.32 Å². The molecule has 2 atom stereocenters. The van der Waals surface area contributed by atoms with E-state index in [4.69, 9.17) is 0 Å². The van der Waals surface area contributed by atoms with Crippen LogP contribution in [0.15, 0.2) is 73.3 Å². The molecule has 2 aromatic carbocycles. The minimum absolute atomic E-state index is 0.311. The summed E-state index contributed by atoms with van der Waals surface area (Å²) in [5.41, 5.74) is 1.60. The molecule has 3 heteroatoms. The van der Waals surface area contributed by atoms with Crippen molar-refractivity contribution in [3.8, 4) is 0 Å². The van der Waals surface area contributed by atoms with Gasteiger partial charge in [-0.05, 0) is 17.2 Å². The Labute approximate surface area is 118 Å². The minimum atomic E-state index is -0.817. The van der Waals surface area contributed by atoms with Gasteiger partial charge in [0.05, 0.1) is 6.04 Å². The van der Waals surface area contributed by atoms with Gasteiger partial charge in [0.1, 0.15) is 6.10 Å². The number of carbonyl (C=O) groups is 1. The summed E-state index contributed by atoms with van der Waals surface area (Å²) in [7, 11) is 0. The average molecular weight is 267 g/mol. The molecule has 0 aliphatic carbocycles. The van der Waals surface area contributed by atoms with Gasteiger partial charge in [-0.15, -0.1) is 0 Å². The molecule has 102 valence electrons. The summed E-state index contributed by atoms with van der Waals surface area (Å²) < 4.78 is 0. The van der Waals surface area contributed by atoms with Gasteiger partial charge >= 0.3 is 0 Å². The zero-order valence-corrected chi connectivity index (χ0v) is 11.1. The molecule has 3 nitrogen and oxygen atoms in total. The van der Waals surface area contributed by atoms with E-state index in [1.807, 2.05) is 60.7 Å². The fourth-order valence-electron chi connectivity index (χ4n) is 2.06. The zero-order valence-electron chi connectivity index (χ0n) is 11.1. The lowest BCUT2D eigenvalue weighted by atomic mass is 9.96. The zero-order chi connectivity index (χ0) is 14.4. The Hall–Kier alpha value is -2.39. The van der Waals surface area contributed by atoms with Gasteiger partial charge < -0.3 is 10.4 Å². The summed E-state index contributed by atoms with van der Waals surface area (Å²) in [5.74, 6) is -0.311. The number of carbonyl (C=O) groups excluding carboxylic acids is 1. The second kappa shape index (κ2) is 6.68. The summed E-state index contributed by atoms with van der Waals surface area (Å²) in [6.07, 6.45) is 0.385. The van der Waals surface area contributed by atoms with Crippen LogP contribution >= 0.6 is 0 Å². The Morgan fingerprint density at radius 1 is 1.00 bits per heavy atom. The summed E-state index contributed by atoms with van der Waals surface area (Å²) >= 11 is 0. The van der Waals surface area contributed by atoms with Gasteiger partial charge in [-0.25, -0.2) is 0 Å². The largest absolute Gasteiger partial charge is 0.386 e. The second-order valence-corrected chi connectivity index (χ2v) is 4.46. The summed E-state index contributed by atoms with van der Waals surface area (Å²) in [5, 5.41) is 13.3. The van der Waals surface area contributed by atoms with Crippen LogP contribution in [-0.4, -0.2) is 11.0 Å². The molecule has 2 aromatic rings. The SMILES string of the molecule is C=CC(=O)N[C@@H](c1ccccc1)[C@H](O)c1ccccc1. The van der Waals surface area contributed by atoms with E-state index in [0.717, 1.165) is 11.1 Å². The van der Waals surface area contributed by atoms with Gasteiger partial charge in [-0.2, -0.15) is 0 Å². The van der Waals surface area contributed by atoms with Crippen LogP contribution in [0.5, 0.6) is 0 Å². The first kappa shape index (κ1) is 14.0. The first-order valence-corrected chi connectivity index (χ1v) is 6.43. The van der Waals surface area contributed by atoms with Gasteiger partial charge in [0.15, 0.2) is 0 Å². The molecular formula is C17H17NO2. The van der Waals surface area contributed by atoms with E-state index in [1.165, 1.54) is 6.08 Å². The highest BCUT2D eigenvalue weighted by atomic mass is 16.3. The van der Waals surface area contributed by atoms with Crippen LogP contribution in [0.1, 0.15) is 23.3 Å². The molecule has 2 rings (SSSR count). The Bertz CT molecular complexity index is 566. The maximum Gasteiger partial charge on any atom is 0.243 e. The highest BCUT2D eigenvalue weighted by molar-refractivity contribution is 5.87. The molecule has 0 aromatic heterocycles. The van der Waals surface area contributed by atoms with E-state index >= 15 is 0 Å². The molecule has 0 radical (unpaired) electrons. The van der Waals surface area contributed by atoms with Crippen molar-refractivity contribution in [2.75, 3.05) is 0 Å². The van der Waals surface area contributed by atoms with Crippen LogP contribution in [-0.2, 0) is 4.79 Å². The minimum Gasteiger partial charge on any atom is -0.386 e. The second-order valence-electron chi connectivity index (χ2n) is 4.46. The van der Waals surface area contributed by atoms with Gasteiger partial charge in [0.25, 0.3) is 0 Å². The van der Waals surface area contributed by atoms with Crippen LogP contribution in [0.3, 0.4) is 0 Å². The Morgan fingerprint density at radius 2 is 1.50 bits per heavy atom. The Morgan fingerprint density at radius 3 is 2.00 bits per heavy atom. The molecule has 0 aliphatic rings. The number of benzene rings is 2. The molecule has 20 heavy (non-hydrogen) atoms. The third-order valence-electron chi connectivity index (χ3n) is 3.10. The highest BCUT2D eigenvalue weighted by Crippen LogP contribution is 2.28. The summed E-state index contributed by atoms with van der Waals surface area (Å²) in [6.45, 7) is 3.45. The molecule has 2 N–H and O–H groups in total. The number of nitrogens with one attached hydrogen (secondary N) is 1. The summed E-state index contributed by atoms with van der Waals surface area (Å²) in [4.78, 5) is 11.6. The number of aliphatic hydroxyl groups excluding tert-OH is 1. The monoisotopic (exact) mass is 267 g/mol. The predicted molar refractivity (Wildman–Crippen MR) is 78.9 cm³/mol. The van der Waals surface area contributed by atoms with Gasteiger partial charge in [-0.1, -0.05) is 67.2 Å². The smallest absolute Gasteiger partial charge is 0.243 e. The number of hydrogen-bond donors (Lipinski definition) is 2. The molecule has 0 heterocycles. The van der Waals surface area contributed by atoms with E-state index < -0.39 is 12.1 Å². The highest BCUT2D eigenvalue weighted by Gasteiger charge is 2.23. The molecule has 0 fully saturated rings. The predicted octanol–water partition coefficient (Wildman–Crippen LogP) is 2.76. The lowest BCUT2D eigenvalue weighted by Crippen LogP contribution is -2.31. The lowest BCUT2D eigenvalue weighted by molar-refractivity contribution is -0.118. The summed E-state index contributed by atoms with van der Waals surface area (Å²) in [6, 6.07) is 18.2. The van der Waals surface area contributed by atoms with Crippen molar-refractivity contribution in [3.63, 3.8) is 0 Å². The standard InChI is InChI=1S/C17H17NO2/c1-2-15(19)18-16(13-9-5-3-6-10-13)17(20)14-11-7-4-8-12-14/h2-12,16-17,20H,1H2,(H,18,19)/t16-,17+/m0/s1. The van der Waals surface area contributed by atoms with E-state index in [0.29, 0.717) is 0 Å². The van der Waals surface area contributed by atoms with Crippen molar-refractivity contribution in [1.82, 2.24) is 5.32 Å². The molecule has 0 unspecified atom stereocenters. The molecule has 0 aliphatic heterocycles. The molecule has 1 amide bonds. The fourth-order valence-corrected chi connectivity index (χ4v) is 2.06. The van der Waals surface area contributed by atoms with Crippen LogP contribution in [0.2, 0.25) is 0 Å². The Balaban J connectivity index is 2.31. The van der Waals surface area contributed by atoms with Crippen LogP contribution in [0, 0.1) is 0 Å². The van der Waals surface area contributed by atoms with E-state index in [9.17, 15) is 9.90 Å². The van der Waals surface area contributed by atoms with Crippen LogP contribution in [0.25, 0.3) is 0 Å². The van der Waals surface area contributed by atoms with E-state index in [-0.39, 0.29) is 5.91 Å². The fraction of sp³-hybridized carbons (Fsp3) is 0.118. The van der Waals surface area contributed by atoms with E-state index in [1.54, 1.807) is 0 Å². The maximum absolute atomic E-state index is 11.6. The van der Waals surface area contributed by atoms with Gasteiger partial charge in [0.2, 0.25) is 5.91 Å². The van der Waals surface area contributed by atoms with Gasteiger partial charge in [0, 0.05) is 0 Å². The number of aliphatic hydroxyl groups is 1. The Kier molecular flexibility index (Phi) is 4.69. The van der Waals surface area contributed by atoms with Crippen molar-refractivity contribution in [3.05, 3.63) is 84.4 Å². The average Bonchev–Trinajstić information content (AvgIpc) is 2.53. The maximum atomic E-state index is 11.6. The molecule has 0 saturated carbocycles. The van der Waals surface area contributed by atoms with Crippen molar-refractivity contribution in [1.29, 1.82) is 0 Å². The topological polar surface area (TPSA) is 49.3 Å². The van der Waals surface area contributed by atoms with Crippen molar-refractivity contribution in [2.24, 2.45) is 0 Å². The molecular weight excluding hydrogens is 250 g/mol. The third-order valence-corrected chi connectivity index (χ3v) is 3.10. The molecule has 0 saturated heterocycles. The molecule has 0 bridgehead atoms. The van der Waals surface area contributed by atoms with Gasteiger partial charge in [-0.3, -0.25) is 4.79 Å². The van der Waals surface area contributed by atoms with Crippen molar-refractivity contribution in [2.45, 2.75) is 12.1 Å². The molecule has 0 spiro atoms. The van der Waals surface area contributed by atoms with Crippen LogP contribution in [0.4, 0.5) is 0 Å². The first-order valence-electron chi connectivity index (χ1n) is 6.43.